The molecular weight excluding hydrogens is 604 g/mol. The number of nitrogens with zero attached hydrogens (tertiary/aromatic N) is 2. The number of esters is 4. The number of carbonyl (C=O) groups excluding carboxylic acids is 4. The van der Waals surface area contributed by atoms with Crippen LogP contribution in [0.2, 0.25) is 0 Å². The van der Waals surface area contributed by atoms with Crippen LogP contribution in [0.1, 0.15) is 16.7 Å². The van der Waals surface area contributed by atoms with Gasteiger partial charge in [-0.1, -0.05) is 91.0 Å². The number of benzene rings is 3. The average molecular weight is 641 g/mol. The maximum Gasteiger partial charge on any atom is 0.320 e. The summed E-state index contributed by atoms with van der Waals surface area (Å²) in [6, 6.07) is 30.4. The first-order valence-electron chi connectivity index (χ1n) is 14.7. The number of rotatable bonds is 11. The van der Waals surface area contributed by atoms with Crippen LogP contribution in [0.15, 0.2) is 103 Å². The fourth-order valence-corrected chi connectivity index (χ4v) is 6.61. The third-order valence-electron chi connectivity index (χ3n) is 8.55. The first-order chi connectivity index (χ1) is 22.8. The van der Waals surface area contributed by atoms with Gasteiger partial charge in [-0.05, 0) is 16.7 Å². The van der Waals surface area contributed by atoms with Gasteiger partial charge in [-0.3, -0.25) is 19.2 Å². The van der Waals surface area contributed by atoms with Crippen molar-refractivity contribution in [1.29, 1.82) is 5.26 Å². The van der Waals surface area contributed by atoms with Gasteiger partial charge in [0.1, 0.15) is 11.8 Å². The Morgan fingerprint density at radius 1 is 0.638 bits per heavy atom. The van der Waals surface area contributed by atoms with Gasteiger partial charge in [-0.25, -0.2) is 0 Å². The van der Waals surface area contributed by atoms with E-state index in [2.05, 4.69) is 6.07 Å². The second-order valence-corrected chi connectivity index (χ2v) is 10.7. The lowest BCUT2D eigenvalue weighted by atomic mass is 9.66. The number of carbonyl (C=O) groups is 4. The minimum Gasteiger partial charge on any atom is -0.468 e. The zero-order valence-corrected chi connectivity index (χ0v) is 26.7. The Balaban J connectivity index is 2.22. The first kappa shape index (κ1) is 34.4. The Morgan fingerprint density at radius 2 is 1.00 bits per heavy atom. The highest BCUT2D eigenvalue weighted by Gasteiger charge is 2.59. The fourth-order valence-electron chi connectivity index (χ4n) is 6.61. The van der Waals surface area contributed by atoms with E-state index in [0.717, 1.165) is 45.1 Å². The van der Waals surface area contributed by atoms with Crippen molar-refractivity contribution in [2.24, 2.45) is 23.7 Å². The third-order valence-corrected chi connectivity index (χ3v) is 8.55. The Labute approximate surface area is 273 Å². The molecule has 0 spiro atoms. The lowest BCUT2D eigenvalue weighted by Gasteiger charge is -2.54. The summed E-state index contributed by atoms with van der Waals surface area (Å²) < 4.78 is 26.3. The molecule has 0 N–H and O–H groups in total. The van der Waals surface area contributed by atoms with E-state index in [-0.39, 0.29) is 5.57 Å². The van der Waals surface area contributed by atoms with Gasteiger partial charge in [-0.15, -0.1) is 0 Å². The van der Waals surface area contributed by atoms with E-state index < -0.39 is 59.3 Å². The molecule has 11 heteroatoms. The van der Waals surface area contributed by atoms with Crippen LogP contribution >= 0.6 is 0 Å². The molecule has 1 aliphatic rings. The standard InChI is InChI=1S/C36H36N2O9/c1-43-31-28(30(34(41)46-4)35(42)47-5)27(29(32(39)44-2)33(40)45-3)23(21-37)22-38(31)36(24-15-9-6-10-16-24,25-17-11-7-12-18-25)26-19-13-8-14-20-26/h6-20,22,27-31H,1-5H3/t27-,28-,31-/m1/s1. The lowest BCUT2D eigenvalue weighted by Crippen LogP contribution is -2.61. The monoisotopic (exact) mass is 640 g/mol. The maximum atomic E-state index is 13.5. The van der Waals surface area contributed by atoms with Crippen molar-refractivity contribution in [3.63, 3.8) is 0 Å². The molecule has 0 fully saturated rings. The van der Waals surface area contributed by atoms with Gasteiger partial charge in [0.05, 0.1) is 40.1 Å². The summed E-state index contributed by atoms with van der Waals surface area (Å²) in [6.45, 7) is 0. The predicted octanol–water partition coefficient (Wildman–Crippen LogP) is 3.83. The van der Waals surface area contributed by atoms with Crippen LogP contribution < -0.4 is 0 Å². The van der Waals surface area contributed by atoms with Crippen LogP contribution in [0.25, 0.3) is 0 Å². The highest BCUT2D eigenvalue weighted by atomic mass is 16.6. The van der Waals surface area contributed by atoms with Crippen LogP contribution in [-0.4, -0.2) is 70.6 Å². The zero-order valence-electron chi connectivity index (χ0n) is 26.7. The molecule has 0 radical (unpaired) electrons. The van der Waals surface area contributed by atoms with Crippen LogP contribution in [0.4, 0.5) is 0 Å². The van der Waals surface area contributed by atoms with Crippen LogP contribution in [-0.2, 0) is 48.4 Å². The van der Waals surface area contributed by atoms with Crippen molar-refractivity contribution in [1.82, 2.24) is 4.90 Å². The zero-order chi connectivity index (χ0) is 34.1. The number of ether oxygens (including phenoxy) is 5. The average Bonchev–Trinajstić information content (AvgIpc) is 3.13. The second-order valence-electron chi connectivity index (χ2n) is 10.7. The number of methoxy groups -OCH3 is 5. The minimum atomic E-state index is -1.77. The smallest absolute Gasteiger partial charge is 0.320 e. The Hall–Kier alpha value is -5.47. The molecule has 0 aromatic heterocycles. The lowest BCUT2D eigenvalue weighted by molar-refractivity contribution is -0.183. The molecule has 3 aromatic rings. The molecule has 47 heavy (non-hydrogen) atoms. The van der Waals surface area contributed by atoms with Crippen molar-refractivity contribution in [2.45, 2.75) is 11.8 Å². The van der Waals surface area contributed by atoms with Crippen LogP contribution in [0.5, 0.6) is 0 Å². The van der Waals surface area contributed by atoms with E-state index in [4.69, 9.17) is 23.7 Å². The van der Waals surface area contributed by atoms with E-state index in [1.54, 1.807) is 4.90 Å². The summed E-state index contributed by atoms with van der Waals surface area (Å²) in [5.41, 5.74) is 0.855. The highest BCUT2D eigenvalue weighted by Crippen LogP contribution is 2.51. The van der Waals surface area contributed by atoms with E-state index in [1.807, 2.05) is 91.0 Å². The van der Waals surface area contributed by atoms with Gasteiger partial charge in [-0.2, -0.15) is 5.26 Å². The highest BCUT2D eigenvalue weighted by molar-refractivity contribution is 5.98. The summed E-state index contributed by atoms with van der Waals surface area (Å²) in [6.07, 6.45) is 0.227. The molecule has 4 rings (SSSR count). The largest absolute Gasteiger partial charge is 0.468 e. The summed E-state index contributed by atoms with van der Waals surface area (Å²) >= 11 is 0. The van der Waals surface area contributed by atoms with Gasteiger partial charge < -0.3 is 28.6 Å². The molecule has 1 heterocycles. The van der Waals surface area contributed by atoms with Gasteiger partial charge in [0.2, 0.25) is 0 Å². The summed E-state index contributed by atoms with van der Waals surface area (Å²) in [7, 11) is 5.72. The van der Waals surface area contributed by atoms with Gasteiger partial charge in [0.25, 0.3) is 0 Å². The predicted molar refractivity (Wildman–Crippen MR) is 168 cm³/mol. The number of hydrogen-bond acceptors (Lipinski definition) is 11. The minimum absolute atomic E-state index is 0.117. The number of hydrogen-bond donors (Lipinski definition) is 0. The van der Waals surface area contributed by atoms with Gasteiger partial charge >= 0.3 is 23.9 Å². The van der Waals surface area contributed by atoms with E-state index in [0.29, 0.717) is 0 Å². The first-order valence-corrected chi connectivity index (χ1v) is 14.7. The quantitative estimate of drug-likeness (QED) is 0.131. The summed E-state index contributed by atoms with van der Waals surface area (Å²) in [5.74, 6) is -10.5. The molecule has 0 unspecified atom stereocenters. The number of nitriles is 1. The summed E-state index contributed by atoms with van der Waals surface area (Å²) in [4.78, 5) is 55.5. The topological polar surface area (TPSA) is 141 Å². The van der Waals surface area contributed by atoms with E-state index in [1.165, 1.54) is 13.3 Å². The van der Waals surface area contributed by atoms with E-state index >= 15 is 0 Å². The van der Waals surface area contributed by atoms with Crippen LogP contribution in [0, 0.1) is 35.0 Å². The van der Waals surface area contributed by atoms with Gasteiger partial charge in [0, 0.05) is 25.1 Å². The molecule has 0 aliphatic carbocycles. The van der Waals surface area contributed by atoms with Crippen molar-refractivity contribution in [3.05, 3.63) is 119 Å². The molecule has 3 aromatic carbocycles. The van der Waals surface area contributed by atoms with Crippen molar-refractivity contribution >= 4 is 23.9 Å². The molecule has 0 amide bonds. The summed E-state index contributed by atoms with van der Waals surface area (Å²) in [5, 5.41) is 10.7. The SMILES string of the molecule is COC(=O)C(C(=O)OC)[C@@H]1[C@@H](OC)N(C(c2ccccc2)(c2ccccc2)c2ccccc2)C=C(C#N)[C@H]1C(C(=O)OC)C(=O)OC. The Morgan fingerprint density at radius 3 is 1.32 bits per heavy atom. The third kappa shape index (κ3) is 6.20. The molecule has 0 bridgehead atoms. The van der Waals surface area contributed by atoms with Crippen molar-refractivity contribution < 1.29 is 42.9 Å². The van der Waals surface area contributed by atoms with Gasteiger partial charge in [0.15, 0.2) is 11.8 Å². The maximum absolute atomic E-state index is 13.5. The Bertz CT molecular complexity index is 1510. The molecule has 0 saturated carbocycles. The second kappa shape index (κ2) is 15.2. The van der Waals surface area contributed by atoms with Crippen molar-refractivity contribution in [3.8, 4) is 6.07 Å². The normalized spacial score (nSPS) is 17.7. The molecular formula is C36H36N2O9. The molecule has 1 aliphatic heterocycles. The fraction of sp³-hybridized carbons (Fsp3) is 0.306. The van der Waals surface area contributed by atoms with E-state index in [9.17, 15) is 24.4 Å². The van der Waals surface area contributed by atoms with Crippen LogP contribution in [0.3, 0.4) is 0 Å². The van der Waals surface area contributed by atoms with Crippen molar-refractivity contribution in [2.75, 3.05) is 35.5 Å². The number of allylic oxidation sites excluding steroid dienone is 1. The molecule has 3 atom stereocenters. The molecule has 11 nitrogen and oxygen atoms in total. The molecule has 244 valence electrons. The Kier molecular flexibility index (Phi) is 11.1. The molecule has 0 saturated heterocycles.